The summed E-state index contributed by atoms with van der Waals surface area (Å²) in [5, 5.41) is 7.45. The molecule has 0 aliphatic rings. The van der Waals surface area contributed by atoms with Crippen molar-refractivity contribution in [2.45, 2.75) is 17.8 Å². The van der Waals surface area contributed by atoms with Crippen molar-refractivity contribution < 1.29 is 40.9 Å². The van der Waals surface area contributed by atoms with Crippen LogP contribution in [0.3, 0.4) is 0 Å². The summed E-state index contributed by atoms with van der Waals surface area (Å²) in [6.45, 7) is -5.30. The van der Waals surface area contributed by atoms with Gasteiger partial charge in [0.05, 0.1) is 0 Å². The molecule has 2 nitrogen and oxygen atoms in total. The predicted molar refractivity (Wildman–Crippen MR) is 29.4 cm³/mol. The molecule has 0 rings (SSSR count). The Balaban J connectivity index is 4.92. The Morgan fingerprint density at radius 3 is 1.64 bits per heavy atom. The van der Waals surface area contributed by atoms with Crippen molar-refractivity contribution in [3.63, 3.8) is 0 Å². The van der Waals surface area contributed by atoms with Crippen LogP contribution in [-0.4, -0.2) is 36.3 Å². The maximum atomic E-state index is 12.2. The van der Waals surface area contributed by atoms with Gasteiger partial charge in [-0.15, -0.1) is 0 Å². The minimum absolute atomic E-state index is 2.35. The van der Waals surface area contributed by atoms with Gasteiger partial charge in [-0.3, -0.25) is 5.26 Å². The fourth-order valence-electron chi connectivity index (χ4n) is 0.523. The first-order chi connectivity index (χ1) is 6.12. The average Bonchev–Trinajstić information content (AvgIpc) is 2.03. The summed E-state index contributed by atoms with van der Waals surface area (Å²) in [6, 6.07) is 0. The first-order valence-electron chi connectivity index (χ1n) is 3.08. The molecule has 0 saturated carbocycles. The molecule has 0 aliphatic heterocycles. The van der Waals surface area contributed by atoms with E-state index in [0.717, 1.165) is 0 Å². The molecule has 0 aromatic rings. The standard InChI is InChI=1S/C5H5F7O2/c6-1-3(7,8)5(11,12)4(9,10)2-14-13/h13H,1-2H2. The maximum absolute atomic E-state index is 12.2. The summed E-state index contributed by atoms with van der Waals surface area (Å²) >= 11 is 0. The Kier molecular flexibility index (Phi) is 3.73. The third-order valence-electron chi connectivity index (χ3n) is 1.33. The van der Waals surface area contributed by atoms with E-state index < -0.39 is 31.0 Å². The fourth-order valence-corrected chi connectivity index (χ4v) is 0.523. The van der Waals surface area contributed by atoms with E-state index in [9.17, 15) is 30.7 Å². The van der Waals surface area contributed by atoms with Gasteiger partial charge in [0.25, 0.3) is 0 Å². The zero-order valence-corrected chi connectivity index (χ0v) is 6.42. The lowest BCUT2D eigenvalue weighted by molar-refractivity contribution is -0.358. The Morgan fingerprint density at radius 1 is 0.929 bits per heavy atom. The molecule has 86 valence electrons. The number of hydrogen-bond acceptors (Lipinski definition) is 2. The lowest BCUT2D eigenvalue weighted by Gasteiger charge is -2.30. The van der Waals surface area contributed by atoms with Crippen molar-refractivity contribution in [2.75, 3.05) is 13.3 Å². The second kappa shape index (κ2) is 3.89. The van der Waals surface area contributed by atoms with Gasteiger partial charge in [0.15, 0.2) is 13.3 Å². The smallest absolute Gasteiger partial charge is 0.252 e. The molecule has 0 bridgehead atoms. The summed E-state index contributed by atoms with van der Waals surface area (Å²) in [4.78, 5) is 2.65. The lowest BCUT2D eigenvalue weighted by atomic mass is 10.1. The SMILES string of the molecule is OOCC(F)(F)C(F)(F)C(F)(F)CF. The van der Waals surface area contributed by atoms with Crippen molar-refractivity contribution in [3.05, 3.63) is 0 Å². The lowest BCUT2D eigenvalue weighted by Crippen LogP contribution is -2.57. The van der Waals surface area contributed by atoms with Gasteiger partial charge in [-0.2, -0.15) is 26.3 Å². The second-order valence-electron chi connectivity index (χ2n) is 2.39. The van der Waals surface area contributed by atoms with Crippen molar-refractivity contribution in [1.82, 2.24) is 0 Å². The fraction of sp³-hybridized carbons (Fsp3) is 1.00. The molecule has 9 heteroatoms. The average molecular weight is 230 g/mol. The van der Waals surface area contributed by atoms with Crippen LogP contribution in [0.5, 0.6) is 0 Å². The summed E-state index contributed by atoms with van der Waals surface area (Å²) in [6.07, 6.45) is 0. The van der Waals surface area contributed by atoms with Crippen LogP contribution in [0.2, 0.25) is 0 Å². The summed E-state index contributed by atoms with van der Waals surface area (Å²) in [7, 11) is 0. The van der Waals surface area contributed by atoms with Crippen molar-refractivity contribution in [3.8, 4) is 0 Å². The van der Waals surface area contributed by atoms with Crippen LogP contribution in [0.1, 0.15) is 0 Å². The summed E-state index contributed by atoms with van der Waals surface area (Å²) in [5.74, 6) is -16.8. The summed E-state index contributed by atoms with van der Waals surface area (Å²) in [5.41, 5.74) is 0. The number of rotatable bonds is 5. The van der Waals surface area contributed by atoms with Gasteiger partial charge >= 0.3 is 17.8 Å². The van der Waals surface area contributed by atoms with Gasteiger partial charge in [-0.1, -0.05) is 0 Å². The van der Waals surface area contributed by atoms with E-state index in [4.69, 9.17) is 5.26 Å². The zero-order valence-electron chi connectivity index (χ0n) is 6.42. The molecule has 0 aliphatic carbocycles. The van der Waals surface area contributed by atoms with Gasteiger partial charge in [-0.05, 0) is 0 Å². The molecule has 0 spiro atoms. The third kappa shape index (κ3) is 2.08. The molecule has 0 saturated heterocycles. The van der Waals surface area contributed by atoms with Gasteiger partial charge in [0.1, 0.15) is 0 Å². The zero-order chi connectivity index (χ0) is 11.6. The van der Waals surface area contributed by atoms with Crippen LogP contribution >= 0.6 is 0 Å². The molecule has 0 unspecified atom stereocenters. The minimum atomic E-state index is -5.93. The van der Waals surface area contributed by atoms with Gasteiger partial charge in [-0.25, -0.2) is 9.28 Å². The molecular formula is C5H5F7O2. The van der Waals surface area contributed by atoms with E-state index in [0.29, 0.717) is 0 Å². The Bertz CT molecular complexity index is 193. The van der Waals surface area contributed by atoms with Crippen LogP contribution < -0.4 is 0 Å². The Hall–Kier alpha value is -0.570. The largest absolute Gasteiger partial charge is 0.377 e. The van der Waals surface area contributed by atoms with Crippen LogP contribution in [0.25, 0.3) is 0 Å². The molecule has 0 aromatic carbocycles. The summed E-state index contributed by atoms with van der Waals surface area (Å²) < 4.78 is 84.3. The topological polar surface area (TPSA) is 29.5 Å². The van der Waals surface area contributed by atoms with E-state index in [-0.39, 0.29) is 0 Å². The normalized spacial score (nSPS) is 14.6. The highest BCUT2D eigenvalue weighted by Gasteiger charge is 2.71. The highest BCUT2D eigenvalue weighted by atomic mass is 19.3. The molecular weight excluding hydrogens is 225 g/mol. The van der Waals surface area contributed by atoms with Crippen LogP contribution in [0.15, 0.2) is 0 Å². The van der Waals surface area contributed by atoms with E-state index in [1.807, 2.05) is 0 Å². The molecule has 0 amide bonds. The first-order valence-corrected chi connectivity index (χ1v) is 3.08. The van der Waals surface area contributed by atoms with E-state index in [1.165, 1.54) is 0 Å². The minimum Gasteiger partial charge on any atom is -0.252 e. The highest BCUT2D eigenvalue weighted by Crippen LogP contribution is 2.45. The van der Waals surface area contributed by atoms with Gasteiger partial charge in [0.2, 0.25) is 0 Å². The molecule has 0 aromatic heterocycles. The number of alkyl halides is 7. The molecule has 1 N–H and O–H groups in total. The third-order valence-corrected chi connectivity index (χ3v) is 1.33. The molecule has 0 heterocycles. The van der Waals surface area contributed by atoms with Crippen molar-refractivity contribution in [2.24, 2.45) is 0 Å². The molecule has 0 radical (unpaired) electrons. The predicted octanol–water partition coefficient (Wildman–Crippen LogP) is 2.35. The number of halogens is 7. The van der Waals surface area contributed by atoms with E-state index in [1.54, 1.807) is 0 Å². The monoisotopic (exact) mass is 230 g/mol. The molecule has 0 atom stereocenters. The highest BCUT2D eigenvalue weighted by molar-refractivity contribution is 4.95. The Morgan fingerprint density at radius 2 is 1.36 bits per heavy atom. The molecule has 14 heavy (non-hydrogen) atoms. The van der Waals surface area contributed by atoms with Crippen LogP contribution in [-0.2, 0) is 4.89 Å². The second-order valence-corrected chi connectivity index (χ2v) is 2.39. The quantitative estimate of drug-likeness (QED) is 0.446. The van der Waals surface area contributed by atoms with Gasteiger partial charge in [0, 0.05) is 0 Å². The van der Waals surface area contributed by atoms with E-state index in [2.05, 4.69) is 4.89 Å². The Labute approximate surface area is 73.2 Å². The molecule has 0 fully saturated rings. The van der Waals surface area contributed by atoms with Crippen LogP contribution in [0.4, 0.5) is 30.7 Å². The van der Waals surface area contributed by atoms with Crippen molar-refractivity contribution in [1.29, 1.82) is 0 Å². The van der Waals surface area contributed by atoms with E-state index >= 15 is 0 Å². The van der Waals surface area contributed by atoms with Crippen molar-refractivity contribution >= 4 is 0 Å². The maximum Gasteiger partial charge on any atom is 0.377 e. The number of hydrogen-bond donors (Lipinski definition) is 1. The van der Waals surface area contributed by atoms with Gasteiger partial charge < -0.3 is 0 Å². The van der Waals surface area contributed by atoms with Crippen LogP contribution in [0, 0.1) is 0 Å². The first kappa shape index (κ1) is 13.4.